The van der Waals surface area contributed by atoms with Crippen LogP contribution in [0.3, 0.4) is 0 Å². The van der Waals surface area contributed by atoms with E-state index in [0.29, 0.717) is 12.1 Å². The molecule has 0 saturated heterocycles. The molecule has 1 saturated carbocycles. The second kappa shape index (κ2) is 5.68. The van der Waals surface area contributed by atoms with Gasteiger partial charge in [0.15, 0.2) is 0 Å². The van der Waals surface area contributed by atoms with E-state index in [2.05, 4.69) is 56.4 Å². The molecule has 1 aliphatic carbocycles. The average Bonchev–Trinajstić information content (AvgIpc) is 2.34. The smallest absolute Gasteiger partial charge is 0.0294 e. The van der Waals surface area contributed by atoms with Gasteiger partial charge in [-0.3, -0.25) is 0 Å². The SMILES string of the molecule is CC1CCC(N[C@H](C)c2ccccc2)C(C)C1. The molecule has 4 atom stereocenters. The van der Waals surface area contributed by atoms with Crippen LogP contribution >= 0.6 is 0 Å². The maximum Gasteiger partial charge on any atom is 0.0294 e. The Morgan fingerprint density at radius 2 is 1.82 bits per heavy atom. The molecule has 0 spiro atoms. The monoisotopic (exact) mass is 231 g/mol. The van der Waals surface area contributed by atoms with Crippen molar-refractivity contribution in [2.75, 3.05) is 0 Å². The van der Waals surface area contributed by atoms with E-state index in [1.807, 2.05) is 0 Å². The zero-order valence-electron chi connectivity index (χ0n) is 11.3. The van der Waals surface area contributed by atoms with E-state index in [1.54, 1.807) is 0 Å². The van der Waals surface area contributed by atoms with Crippen molar-refractivity contribution in [1.29, 1.82) is 0 Å². The Morgan fingerprint density at radius 1 is 1.12 bits per heavy atom. The Bertz CT molecular complexity index is 333. The number of rotatable bonds is 3. The highest BCUT2D eigenvalue weighted by molar-refractivity contribution is 5.18. The third-order valence-corrected chi connectivity index (χ3v) is 4.20. The molecule has 1 aromatic rings. The summed E-state index contributed by atoms with van der Waals surface area (Å²) in [6, 6.07) is 11.9. The van der Waals surface area contributed by atoms with Crippen LogP contribution in [0.5, 0.6) is 0 Å². The van der Waals surface area contributed by atoms with E-state index in [0.717, 1.165) is 11.8 Å². The molecule has 2 rings (SSSR count). The molecular weight excluding hydrogens is 206 g/mol. The van der Waals surface area contributed by atoms with E-state index in [4.69, 9.17) is 0 Å². The van der Waals surface area contributed by atoms with Crippen molar-refractivity contribution < 1.29 is 0 Å². The summed E-state index contributed by atoms with van der Waals surface area (Å²) in [7, 11) is 0. The van der Waals surface area contributed by atoms with Crippen molar-refractivity contribution in [3.8, 4) is 0 Å². The van der Waals surface area contributed by atoms with Gasteiger partial charge in [-0.2, -0.15) is 0 Å². The Labute approximate surface area is 106 Å². The van der Waals surface area contributed by atoms with Gasteiger partial charge in [0.05, 0.1) is 0 Å². The minimum Gasteiger partial charge on any atom is -0.307 e. The summed E-state index contributed by atoms with van der Waals surface area (Å²) < 4.78 is 0. The van der Waals surface area contributed by atoms with Crippen LogP contribution in [0.15, 0.2) is 30.3 Å². The van der Waals surface area contributed by atoms with Gasteiger partial charge in [-0.25, -0.2) is 0 Å². The standard InChI is InChI=1S/C16H25N/c1-12-9-10-16(13(2)11-12)17-14(3)15-7-5-4-6-8-15/h4-8,12-14,16-17H,9-11H2,1-3H3/t12?,13?,14-,16?/m1/s1. The van der Waals surface area contributed by atoms with Crippen LogP contribution in [0.1, 0.15) is 51.6 Å². The first-order chi connectivity index (χ1) is 8.16. The van der Waals surface area contributed by atoms with Crippen LogP contribution < -0.4 is 5.32 Å². The van der Waals surface area contributed by atoms with Gasteiger partial charge < -0.3 is 5.32 Å². The lowest BCUT2D eigenvalue weighted by molar-refractivity contribution is 0.216. The second-order valence-electron chi connectivity index (χ2n) is 5.80. The van der Waals surface area contributed by atoms with E-state index in [9.17, 15) is 0 Å². The zero-order valence-corrected chi connectivity index (χ0v) is 11.3. The number of hydrogen-bond donors (Lipinski definition) is 1. The van der Waals surface area contributed by atoms with Crippen molar-refractivity contribution in [2.24, 2.45) is 11.8 Å². The molecule has 1 heteroatoms. The topological polar surface area (TPSA) is 12.0 Å². The molecule has 94 valence electrons. The van der Waals surface area contributed by atoms with Crippen LogP contribution in [0.25, 0.3) is 0 Å². The molecule has 0 aromatic heterocycles. The molecule has 1 fully saturated rings. The van der Waals surface area contributed by atoms with Crippen LogP contribution in [0, 0.1) is 11.8 Å². The summed E-state index contributed by atoms with van der Waals surface area (Å²) in [6.45, 7) is 7.05. The molecule has 0 aliphatic heterocycles. The predicted molar refractivity (Wildman–Crippen MR) is 74.0 cm³/mol. The molecule has 1 N–H and O–H groups in total. The molecule has 1 aliphatic rings. The Hall–Kier alpha value is -0.820. The summed E-state index contributed by atoms with van der Waals surface area (Å²) in [5.74, 6) is 1.72. The highest BCUT2D eigenvalue weighted by atomic mass is 15.0. The normalized spacial score (nSPS) is 31.1. The Morgan fingerprint density at radius 3 is 2.47 bits per heavy atom. The van der Waals surface area contributed by atoms with E-state index in [-0.39, 0.29) is 0 Å². The molecule has 0 radical (unpaired) electrons. The minimum atomic E-state index is 0.469. The van der Waals surface area contributed by atoms with Crippen molar-refractivity contribution in [3.63, 3.8) is 0 Å². The lowest BCUT2D eigenvalue weighted by Crippen LogP contribution is -2.40. The van der Waals surface area contributed by atoms with Crippen LogP contribution in [-0.4, -0.2) is 6.04 Å². The van der Waals surface area contributed by atoms with Gasteiger partial charge in [0.2, 0.25) is 0 Å². The molecule has 17 heavy (non-hydrogen) atoms. The third-order valence-electron chi connectivity index (χ3n) is 4.20. The van der Waals surface area contributed by atoms with Crippen molar-refractivity contribution in [2.45, 2.75) is 52.1 Å². The molecule has 1 aromatic carbocycles. The highest BCUT2D eigenvalue weighted by Gasteiger charge is 2.26. The van der Waals surface area contributed by atoms with Crippen LogP contribution in [0.4, 0.5) is 0 Å². The maximum absolute atomic E-state index is 3.81. The van der Waals surface area contributed by atoms with Crippen LogP contribution in [0.2, 0.25) is 0 Å². The highest BCUT2D eigenvalue weighted by Crippen LogP contribution is 2.30. The summed E-state index contributed by atoms with van der Waals surface area (Å²) >= 11 is 0. The van der Waals surface area contributed by atoms with Gasteiger partial charge in [-0.05, 0) is 43.6 Å². The third kappa shape index (κ3) is 3.32. The van der Waals surface area contributed by atoms with Gasteiger partial charge >= 0.3 is 0 Å². The fraction of sp³-hybridized carbons (Fsp3) is 0.625. The van der Waals surface area contributed by atoms with Gasteiger partial charge in [0.1, 0.15) is 0 Å². The van der Waals surface area contributed by atoms with Crippen molar-refractivity contribution >= 4 is 0 Å². The van der Waals surface area contributed by atoms with E-state index in [1.165, 1.54) is 24.8 Å². The lowest BCUT2D eigenvalue weighted by Gasteiger charge is -2.35. The first-order valence-corrected chi connectivity index (χ1v) is 6.98. The fourth-order valence-electron chi connectivity index (χ4n) is 3.07. The van der Waals surface area contributed by atoms with Gasteiger partial charge in [0.25, 0.3) is 0 Å². The average molecular weight is 231 g/mol. The molecular formula is C16H25N. The first kappa shape index (κ1) is 12.6. The van der Waals surface area contributed by atoms with Crippen molar-refractivity contribution in [1.82, 2.24) is 5.32 Å². The maximum atomic E-state index is 3.81. The number of nitrogens with one attached hydrogen (secondary N) is 1. The predicted octanol–water partition coefficient (Wildman–Crippen LogP) is 4.16. The van der Waals surface area contributed by atoms with E-state index < -0.39 is 0 Å². The lowest BCUT2D eigenvalue weighted by atomic mass is 9.79. The minimum absolute atomic E-state index is 0.469. The van der Waals surface area contributed by atoms with Crippen molar-refractivity contribution in [3.05, 3.63) is 35.9 Å². The molecule has 0 heterocycles. The van der Waals surface area contributed by atoms with Gasteiger partial charge in [-0.15, -0.1) is 0 Å². The summed E-state index contributed by atoms with van der Waals surface area (Å²) in [4.78, 5) is 0. The number of benzene rings is 1. The van der Waals surface area contributed by atoms with Gasteiger partial charge in [0, 0.05) is 12.1 Å². The fourth-order valence-corrected chi connectivity index (χ4v) is 3.07. The van der Waals surface area contributed by atoms with E-state index >= 15 is 0 Å². The summed E-state index contributed by atoms with van der Waals surface area (Å²) in [6.07, 6.45) is 4.09. The first-order valence-electron chi connectivity index (χ1n) is 6.98. The summed E-state index contributed by atoms with van der Waals surface area (Å²) in [5, 5.41) is 3.81. The van der Waals surface area contributed by atoms with Gasteiger partial charge in [-0.1, -0.05) is 44.2 Å². The Balaban J connectivity index is 1.93. The van der Waals surface area contributed by atoms with Crippen LogP contribution in [-0.2, 0) is 0 Å². The quantitative estimate of drug-likeness (QED) is 0.823. The molecule has 0 amide bonds. The molecule has 0 bridgehead atoms. The summed E-state index contributed by atoms with van der Waals surface area (Å²) in [5.41, 5.74) is 1.40. The molecule has 1 nitrogen and oxygen atoms in total. The molecule has 3 unspecified atom stereocenters. The second-order valence-corrected chi connectivity index (χ2v) is 5.80. The zero-order chi connectivity index (χ0) is 12.3. The number of hydrogen-bond acceptors (Lipinski definition) is 1. The Kier molecular flexibility index (Phi) is 4.22. The largest absolute Gasteiger partial charge is 0.307 e.